The van der Waals surface area contributed by atoms with Gasteiger partial charge in [-0.2, -0.15) is 0 Å². The number of ether oxygens (including phenoxy) is 1. The molecule has 0 bridgehead atoms. The number of pyridine rings is 1. The summed E-state index contributed by atoms with van der Waals surface area (Å²) in [5.74, 6) is -0.570. The van der Waals surface area contributed by atoms with Gasteiger partial charge in [-0.15, -0.1) is 11.3 Å². The molecule has 0 aliphatic heterocycles. The number of benzene rings is 1. The molecule has 0 radical (unpaired) electrons. The molecule has 4 rings (SSSR count). The first-order valence-electron chi connectivity index (χ1n) is 11.2. The van der Waals surface area contributed by atoms with E-state index in [1.165, 1.54) is 22.4 Å². The molecule has 1 aliphatic carbocycles. The van der Waals surface area contributed by atoms with Crippen LogP contribution >= 0.6 is 11.3 Å². The molecule has 0 fully saturated rings. The zero-order valence-corrected chi connectivity index (χ0v) is 19.9. The third kappa shape index (κ3) is 5.09. The van der Waals surface area contributed by atoms with Crippen LogP contribution in [0, 0.1) is 0 Å². The van der Waals surface area contributed by atoms with Crippen molar-refractivity contribution in [2.75, 3.05) is 29.2 Å². The average molecular weight is 479 g/mol. The van der Waals surface area contributed by atoms with Crippen molar-refractivity contribution in [3.63, 3.8) is 0 Å². The van der Waals surface area contributed by atoms with Crippen molar-refractivity contribution in [2.24, 2.45) is 0 Å². The second kappa shape index (κ2) is 10.5. The number of amides is 3. The number of aryl methyl sites for hydroxylation is 1. The molecule has 9 heteroatoms. The van der Waals surface area contributed by atoms with Gasteiger partial charge in [0.1, 0.15) is 5.00 Å². The predicted molar refractivity (Wildman–Crippen MR) is 133 cm³/mol. The van der Waals surface area contributed by atoms with Gasteiger partial charge in [-0.05, 0) is 74.6 Å². The Morgan fingerprint density at radius 2 is 1.82 bits per heavy atom. The van der Waals surface area contributed by atoms with Crippen molar-refractivity contribution >= 4 is 45.6 Å². The van der Waals surface area contributed by atoms with Crippen LogP contribution in [0.5, 0.6) is 0 Å². The van der Waals surface area contributed by atoms with Gasteiger partial charge in [-0.1, -0.05) is 0 Å². The van der Waals surface area contributed by atoms with Crippen LogP contribution in [0.3, 0.4) is 0 Å². The Labute approximate surface area is 202 Å². The van der Waals surface area contributed by atoms with Crippen LogP contribution in [-0.2, 0) is 17.6 Å². The highest BCUT2D eigenvalue weighted by Crippen LogP contribution is 2.38. The fourth-order valence-electron chi connectivity index (χ4n) is 3.85. The fraction of sp³-hybridized carbons (Fsp3) is 0.280. The zero-order valence-electron chi connectivity index (χ0n) is 19.1. The van der Waals surface area contributed by atoms with Gasteiger partial charge in [0, 0.05) is 35.7 Å². The highest BCUT2D eigenvalue weighted by atomic mass is 32.1. The van der Waals surface area contributed by atoms with Crippen LogP contribution in [-0.4, -0.2) is 36.5 Å². The second-order valence-corrected chi connectivity index (χ2v) is 8.97. The second-order valence-electron chi connectivity index (χ2n) is 7.87. The summed E-state index contributed by atoms with van der Waals surface area (Å²) in [6, 6.07) is 10.3. The molecule has 8 nitrogen and oxygen atoms in total. The summed E-state index contributed by atoms with van der Waals surface area (Å²) >= 11 is 1.47. The molecule has 176 valence electrons. The molecule has 0 unspecified atom stereocenters. The summed E-state index contributed by atoms with van der Waals surface area (Å²) in [7, 11) is 1.63. The normalized spacial score (nSPS) is 12.4. The van der Waals surface area contributed by atoms with Crippen molar-refractivity contribution in [2.45, 2.75) is 32.6 Å². The number of fused-ring (bicyclic) bond motifs is 1. The molecule has 3 aromatic rings. The van der Waals surface area contributed by atoms with Crippen molar-refractivity contribution in [1.82, 2.24) is 4.98 Å². The minimum atomic E-state index is -0.446. The first kappa shape index (κ1) is 23.4. The maximum atomic E-state index is 13.3. The molecule has 0 atom stereocenters. The highest BCUT2D eigenvalue weighted by molar-refractivity contribution is 7.17. The van der Waals surface area contributed by atoms with E-state index in [-0.39, 0.29) is 11.8 Å². The number of carbonyl (C=O) groups excluding carboxylic acids is 3. The fourth-order valence-corrected chi connectivity index (χ4v) is 5.14. The summed E-state index contributed by atoms with van der Waals surface area (Å²) in [5.41, 5.74) is 3.19. The van der Waals surface area contributed by atoms with Gasteiger partial charge in [0.25, 0.3) is 11.8 Å². The van der Waals surface area contributed by atoms with E-state index < -0.39 is 6.09 Å². The zero-order chi connectivity index (χ0) is 24.1. The van der Waals surface area contributed by atoms with E-state index in [9.17, 15) is 14.4 Å². The van der Waals surface area contributed by atoms with Crippen LogP contribution in [0.1, 0.15) is 50.9 Å². The molecule has 0 spiro atoms. The van der Waals surface area contributed by atoms with Crippen LogP contribution in [0.15, 0.2) is 48.8 Å². The monoisotopic (exact) mass is 478 g/mol. The topological polar surface area (TPSA) is 101 Å². The number of hydrogen-bond donors (Lipinski definition) is 2. The number of carbonyl (C=O) groups is 3. The van der Waals surface area contributed by atoms with Gasteiger partial charge in [-0.25, -0.2) is 4.79 Å². The predicted octanol–water partition coefficient (Wildman–Crippen LogP) is 5.12. The van der Waals surface area contributed by atoms with Gasteiger partial charge in [0.2, 0.25) is 0 Å². The lowest BCUT2D eigenvalue weighted by molar-refractivity contribution is 0.102. The van der Waals surface area contributed by atoms with Crippen LogP contribution in [0.25, 0.3) is 0 Å². The molecular weight excluding hydrogens is 452 g/mol. The molecule has 0 saturated carbocycles. The molecule has 0 saturated heterocycles. The number of thiophene rings is 1. The number of anilines is 3. The van der Waals surface area contributed by atoms with Gasteiger partial charge in [0.05, 0.1) is 17.7 Å². The lowest BCUT2D eigenvalue weighted by Crippen LogP contribution is -2.26. The van der Waals surface area contributed by atoms with Gasteiger partial charge in [0.15, 0.2) is 0 Å². The van der Waals surface area contributed by atoms with Crippen molar-refractivity contribution in [1.29, 1.82) is 0 Å². The summed E-state index contributed by atoms with van der Waals surface area (Å²) in [6.07, 6.45) is 6.44. The third-order valence-corrected chi connectivity index (χ3v) is 6.81. The average Bonchev–Trinajstić information content (AvgIpc) is 3.22. The maximum absolute atomic E-state index is 13.3. The quantitative estimate of drug-likeness (QED) is 0.512. The number of rotatable bonds is 6. The Morgan fingerprint density at radius 3 is 2.53 bits per heavy atom. The lowest BCUT2D eigenvalue weighted by Gasteiger charge is -2.17. The summed E-state index contributed by atoms with van der Waals surface area (Å²) in [5, 5.41) is 6.41. The van der Waals surface area contributed by atoms with Crippen molar-refractivity contribution in [3.8, 4) is 0 Å². The van der Waals surface area contributed by atoms with E-state index in [1.54, 1.807) is 56.6 Å². The molecule has 1 aromatic carbocycles. The Hall–Kier alpha value is -3.72. The van der Waals surface area contributed by atoms with Crippen LogP contribution < -0.4 is 15.5 Å². The van der Waals surface area contributed by atoms with E-state index in [0.717, 1.165) is 36.1 Å². The van der Waals surface area contributed by atoms with Gasteiger partial charge >= 0.3 is 6.09 Å². The SMILES string of the molecule is CCOC(=O)N(C)c1ccc(NC(=O)c2c(NC(=O)c3cccnc3)sc3c2CCCC3)cc1. The standard InChI is InChI=1S/C25H26N4O4S/c1-3-33-25(32)29(2)18-12-10-17(11-13-18)27-23(31)21-19-8-4-5-9-20(19)34-24(21)28-22(30)16-7-6-14-26-15-16/h6-7,10-15H,3-5,8-9H2,1-2H3,(H,27,31)(H,28,30). The molecule has 2 N–H and O–H groups in total. The van der Waals surface area contributed by atoms with Crippen LogP contribution in [0.2, 0.25) is 0 Å². The Balaban J connectivity index is 1.55. The number of nitrogens with one attached hydrogen (secondary N) is 2. The largest absolute Gasteiger partial charge is 0.449 e. The first-order valence-corrected chi connectivity index (χ1v) is 12.0. The number of aromatic nitrogens is 1. The Morgan fingerprint density at radius 1 is 1.06 bits per heavy atom. The van der Waals surface area contributed by atoms with E-state index >= 15 is 0 Å². The van der Waals surface area contributed by atoms with E-state index in [4.69, 9.17) is 4.74 Å². The Bertz CT molecular complexity index is 1190. The van der Waals surface area contributed by atoms with Gasteiger partial charge < -0.3 is 15.4 Å². The minimum Gasteiger partial charge on any atom is -0.449 e. The third-order valence-electron chi connectivity index (χ3n) is 5.60. The first-order chi connectivity index (χ1) is 16.5. The number of nitrogens with zero attached hydrogens (tertiary/aromatic N) is 2. The molecule has 2 heterocycles. The van der Waals surface area contributed by atoms with Crippen molar-refractivity contribution < 1.29 is 19.1 Å². The maximum Gasteiger partial charge on any atom is 0.413 e. The summed E-state index contributed by atoms with van der Waals surface area (Å²) in [6.45, 7) is 2.04. The molecular formula is C25H26N4O4S. The van der Waals surface area contributed by atoms with Gasteiger partial charge in [-0.3, -0.25) is 19.5 Å². The van der Waals surface area contributed by atoms with Crippen LogP contribution in [0.4, 0.5) is 21.2 Å². The van der Waals surface area contributed by atoms with E-state index in [2.05, 4.69) is 15.6 Å². The van der Waals surface area contributed by atoms with Crippen molar-refractivity contribution in [3.05, 3.63) is 70.4 Å². The molecule has 34 heavy (non-hydrogen) atoms. The Kier molecular flexibility index (Phi) is 7.22. The molecule has 3 amide bonds. The summed E-state index contributed by atoms with van der Waals surface area (Å²) in [4.78, 5) is 44.6. The molecule has 1 aliphatic rings. The number of hydrogen-bond acceptors (Lipinski definition) is 6. The van der Waals surface area contributed by atoms with E-state index in [0.29, 0.717) is 34.1 Å². The smallest absolute Gasteiger partial charge is 0.413 e. The molecule has 2 aromatic heterocycles. The lowest BCUT2D eigenvalue weighted by atomic mass is 9.95. The highest BCUT2D eigenvalue weighted by Gasteiger charge is 2.27. The van der Waals surface area contributed by atoms with E-state index in [1.807, 2.05) is 0 Å². The summed E-state index contributed by atoms with van der Waals surface area (Å²) < 4.78 is 5.01. The minimum absolute atomic E-state index is 0.271.